The smallest absolute Gasteiger partial charge is 0.321 e. The van der Waals surface area contributed by atoms with E-state index in [4.69, 9.17) is 5.11 Å². The Kier molecular flexibility index (Phi) is 6.27. The zero-order valence-corrected chi connectivity index (χ0v) is 11.1. The van der Waals surface area contributed by atoms with Gasteiger partial charge in [-0.15, -0.1) is 0 Å². The summed E-state index contributed by atoms with van der Waals surface area (Å²) in [6.45, 7) is 1.24. The number of aliphatic carboxylic acids is 1. The first kappa shape index (κ1) is 15.4. The lowest BCUT2D eigenvalue weighted by Gasteiger charge is -2.15. The number of imide groups is 1. The van der Waals surface area contributed by atoms with Crippen molar-refractivity contribution >= 4 is 17.9 Å². The summed E-state index contributed by atoms with van der Waals surface area (Å²) in [5.74, 6) is -1.39. The minimum absolute atomic E-state index is 0.0434. The van der Waals surface area contributed by atoms with Gasteiger partial charge in [0.05, 0.1) is 0 Å². The molecule has 108 valence electrons. The second-order valence-corrected chi connectivity index (χ2v) is 4.76. The zero-order valence-electron chi connectivity index (χ0n) is 11.1. The fraction of sp³-hybridized carbons (Fsp3) is 0.750. The zero-order chi connectivity index (χ0) is 14.3. The van der Waals surface area contributed by atoms with Crippen molar-refractivity contribution in [1.29, 1.82) is 0 Å². The van der Waals surface area contributed by atoms with E-state index in [1.54, 1.807) is 0 Å². The molecule has 0 saturated heterocycles. The molecule has 0 bridgehead atoms. The first-order valence-electron chi connectivity index (χ1n) is 6.48. The van der Waals surface area contributed by atoms with Crippen LogP contribution in [0.15, 0.2) is 0 Å². The lowest BCUT2D eigenvalue weighted by Crippen LogP contribution is -2.42. The largest absolute Gasteiger partial charge is 0.481 e. The molecule has 0 aliphatic heterocycles. The van der Waals surface area contributed by atoms with Gasteiger partial charge in [-0.25, -0.2) is 4.79 Å². The van der Waals surface area contributed by atoms with Crippen LogP contribution in [0.3, 0.4) is 0 Å². The number of carboxylic acids is 1. The third-order valence-electron chi connectivity index (χ3n) is 2.97. The predicted octanol–water partition coefficient (Wildman–Crippen LogP) is 0.161. The van der Waals surface area contributed by atoms with E-state index in [0.29, 0.717) is 12.6 Å². The molecule has 3 amide bonds. The maximum atomic E-state index is 11.3. The molecular weight excluding hydrogens is 250 g/mol. The fourth-order valence-electron chi connectivity index (χ4n) is 1.68. The quantitative estimate of drug-likeness (QED) is 0.584. The summed E-state index contributed by atoms with van der Waals surface area (Å²) < 4.78 is 0. The first-order valence-corrected chi connectivity index (χ1v) is 6.48. The summed E-state index contributed by atoms with van der Waals surface area (Å²) in [6, 6.07) is 0.118. The molecule has 0 aromatic rings. The molecule has 0 heterocycles. The van der Waals surface area contributed by atoms with E-state index in [9.17, 15) is 14.4 Å². The molecule has 0 unspecified atom stereocenters. The van der Waals surface area contributed by atoms with Crippen LogP contribution >= 0.6 is 0 Å². The van der Waals surface area contributed by atoms with Crippen molar-refractivity contribution in [3.63, 3.8) is 0 Å². The lowest BCUT2D eigenvalue weighted by molar-refractivity contribution is -0.137. The average molecular weight is 271 g/mol. The minimum Gasteiger partial charge on any atom is -0.481 e. The monoisotopic (exact) mass is 271 g/mol. The van der Waals surface area contributed by atoms with Crippen LogP contribution in [-0.2, 0) is 9.59 Å². The van der Waals surface area contributed by atoms with E-state index in [1.807, 2.05) is 7.05 Å². The van der Waals surface area contributed by atoms with Gasteiger partial charge in [-0.3, -0.25) is 14.9 Å². The third-order valence-corrected chi connectivity index (χ3v) is 2.97. The van der Waals surface area contributed by atoms with Crippen molar-refractivity contribution < 1.29 is 19.5 Å². The molecule has 1 fully saturated rings. The number of nitrogens with one attached hydrogen (secondary N) is 2. The molecule has 1 aliphatic rings. The number of carbonyl (C=O) groups is 3. The normalized spacial score (nSPS) is 14.2. The highest BCUT2D eigenvalue weighted by Crippen LogP contribution is 2.24. The number of amides is 3. The van der Waals surface area contributed by atoms with Gasteiger partial charge in [0.1, 0.15) is 0 Å². The van der Waals surface area contributed by atoms with E-state index >= 15 is 0 Å². The summed E-state index contributed by atoms with van der Waals surface area (Å²) in [5, 5.41) is 13.2. The molecule has 0 aromatic carbocycles. The van der Waals surface area contributed by atoms with Crippen LogP contribution in [0.5, 0.6) is 0 Å². The van der Waals surface area contributed by atoms with Crippen molar-refractivity contribution in [2.24, 2.45) is 0 Å². The summed E-state index contributed by atoms with van der Waals surface area (Å²) in [4.78, 5) is 35.0. The Morgan fingerprint density at radius 2 is 1.95 bits per heavy atom. The van der Waals surface area contributed by atoms with Gasteiger partial charge in [-0.2, -0.15) is 0 Å². The van der Waals surface area contributed by atoms with Gasteiger partial charge in [0.15, 0.2) is 0 Å². The topological polar surface area (TPSA) is 98.7 Å². The van der Waals surface area contributed by atoms with Crippen molar-refractivity contribution in [2.75, 3.05) is 20.1 Å². The Morgan fingerprint density at radius 1 is 1.26 bits per heavy atom. The Labute approximate surface area is 112 Å². The van der Waals surface area contributed by atoms with Crippen LogP contribution in [0.1, 0.15) is 32.1 Å². The Bertz CT molecular complexity index is 342. The van der Waals surface area contributed by atoms with Gasteiger partial charge in [-0.1, -0.05) is 0 Å². The number of carboxylic acid groups (broad SMARTS) is 1. The molecular formula is C12H21N3O4. The van der Waals surface area contributed by atoms with Gasteiger partial charge >= 0.3 is 12.0 Å². The van der Waals surface area contributed by atoms with E-state index < -0.39 is 17.9 Å². The van der Waals surface area contributed by atoms with Crippen LogP contribution in [0.4, 0.5) is 4.79 Å². The number of likely N-dealkylation sites (N-methyl/N-ethyl adjacent to an activating group) is 1. The van der Waals surface area contributed by atoms with Crippen LogP contribution in [0.25, 0.3) is 0 Å². The van der Waals surface area contributed by atoms with E-state index in [-0.39, 0.29) is 19.3 Å². The summed E-state index contributed by atoms with van der Waals surface area (Å²) >= 11 is 0. The average Bonchev–Trinajstić information content (AvgIpc) is 3.11. The SMILES string of the molecule is CN(CCNC(=O)NC(=O)CCCC(=O)O)C1CC1. The minimum atomic E-state index is -0.944. The van der Waals surface area contributed by atoms with Gasteiger partial charge in [0.2, 0.25) is 5.91 Å². The predicted molar refractivity (Wildman–Crippen MR) is 68.7 cm³/mol. The second kappa shape index (κ2) is 7.73. The Hall–Kier alpha value is -1.63. The fourth-order valence-corrected chi connectivity index (χ4v) is 1.68. The highest BCUT2D eigenvalue weighted by atomic mass is 16.4. The number of hydrogen-bond donors (Lipinski definition) is 3. The summed E-state index contributed by atoms with van der Waals surface area (Å²) in [7, 11) is 2.01. The maximum absolute atomic E-state index is 11.3. The number of carbonyl (C=O) groups excluding carboxylic acids is 2. The van der Waals surface area contributed by atoms with Crippen LogP contribution in [0, 0.1) is 0 Å². The molecule has 0 radical (unpaired) electrons. The maximum Gasteiger partial charge on any atom is 0.321 e. The molecule has 1 rings (SSSR count). The summed E-state index contributed by atoms with van der Waals surface area (Å²) in [6.07, 6.45) is 2.64. The Morgan fingerprint density at radius 3 is 2.53 bits per heavy atom. The van der Waals surface area contributed by atoms with Gasteiger partial charge in [0.25, 0.3) is 0 Å². The van der Waals surface area contributed by atoms with Crippen molar-refractivity contribution in [3.8, 4) is 0 Å². The van der Waals surface area contributed by atoms with Crippen LogP contribution in [-0.4, -0.2) is 54.1 Å². The Balaban J connectivity index is 2.02. The molecule has 3 N–H and O–H groups in total. The third kappa shape index (κ3) is 7.40. The lowest BCUT2D eigenvalue weighted by atomic mass is 10.2. The van der Waals surface area contributed by atoms with Gasteiger partial charge in [0, 0.05) is 32.0 Å². The number of urea groups is 1. The molecule has 0 spiro atoms. The van der Waals surface area contributed by atoms with Crippen molar-refractivity contribution in [1.82, 2.24) is 15.5 Å². The van der Waals surface area contributed by atoms with Crippen LogP contribution < -0.4 is 10.6 Å². The second-order valence-electron chi connectivity index (χ2n) is 4.76. The van der Waals surface area contributed by atoms with E-state index in [1.165, 1.54) is 12.8 Å². The van der Waals surface area contributed by atoms with Gasteiger partial charge < -0.3 is 15.3 Å². The molecule has 7 nitrogen and oxygen atoms in total. The standard InChI is InChI=1S/C12H21N3O4/c1-15(9-5-6-9)8-7-13-12(19)14-10(16)3-2-4-11(17)18/h9H,2-8H2,1H3,(H,17,18)(H2,13,14,16,19). The molecule has 7 heteroatoms. The van der Waals surface area contributed by atoms with E-state index in [0.717, 1.165) is 6.54 Å². The highest BCUT2D eigenvalue weighted by Gasteiger charge is 2.25. The molecule has 19 heavy (non-hydrogen) atoms. The van der Waals surface area contributed by atoms with Crippen molar-refractivity contribution in [2.45, 2.75) is 38.1 Å². The summed E-state index contributed by atoms with van der Waals surface area (Å²) in [5.41, 5.74) is 0. The van der Waals surface area contributed by atoms with E-state index in [2.05, 4.69) is 15.5 Å². The van der Waals surface area contributed by atoms with Gasteiger partial charge in [-0.05, 0) is 26.3 Å². The first-order chi connectivity index (χ1) is 8.99. The molecule has 0 atom stereocenters. The number of nitrogens with zero attached hydrogens (tertiary/aromatic N) is 1. The van der Waals surface area contributed by atoms with Crippen LogP contribution in [0.2, 0.25) is 0 Å². The molecule has 0 aromatic heterocycles. The highest BCUT2D eigenvalue weighted by molar-refractivity contribution is 5.94. The number of hydrogen-bond acceptors (Lipinski definition) is 4. The molecule has 1 aliphatic carbocycles. The number of rotatable bonds is 8. The molecule has 1 saturated carbocycles. The van der Waals surface area contributed by atoms with Crippen molar-refractivity contribution in [3.05, 3.63) is 0 Å².